The van der Waals surface area contributed by atoms with Crippen LogP contribution in [-0.2, 0) is 13.1 Å². The average molecular weight is 336 g/mol. The van der Waals surface area contributed by atoms with Crippen molar-refractivity contribution in [1.29, 1.82) is 0 Å². The van der Waals surface area contributed by atoms with E-state index in [2.05, 4.69) is 17.8 Å². The van der Waals surface area contributed by atoms with Gasteiger partial charge in [-0.25, -0.2) is 4.79 Å². The summed E-state index contributed by atoms with van der Waals surface area (Å²) in [5.74, 6) is 0. The fourth-order valence-corrected chi connectivity index (χ4v) is 4.17. The van der Waals surface area contributed by atoms with E-state index in [1.807, 2.05) is 18.5 Å². The van der Waals surface area contributed by atoms with Crippen LogP contribution < -0.4 is 22.1 Å². The first-order chi connectivity index (χ1) is 11.1. The van der Waals surface area contributed by atoms with Gasteiger partial charge in [-0.15, -0.1) is 11.3 Å². The summed E-state index contributed by atoms with van der Waals surface area (Å²) in [4.78, 5) is 27.6. The summed E-state index contributed by atoms with van der Waals surface area (Å²) >= 11 is 1.56. The van der Waals surface area contributed by atoms with Crippen LogP contribution in [0.5, 0.6) is 0 Å². The van der Waals surface area contributed by atoms with Gasteiger partial charge >= 0.3 is 5.69 Å². The molecule has 0 radical (unpaired) electrons. The highest BCUT2D eigenvalue weighted by Gasteiger charge is 2.30. The van der Waals surface area contributed by atoms with Crippen LogP contribution in [0.1, 0.15) is 49.1 Å². The number of aryl methyl sites for hydroxylation is 2. The van der Waals surface area contributed by atoms with Gasteiger partial charge in [0.2, 0.25) is 0 Å². The van der Waals surface area contributed by atoms with Gasteiger partial charge in [-0.3, -0.25) is 24.8 Å². The van der Waals surface area contributed by atoms with Crippen molar-refractivity contribution >= 4 is 21.6 Å². The minimum atomic E-state index is -0.132. The van der Waals surface area contributed by atoms with Gasteiger partial charge in [-0.1, -0.05) is 13.3 Å². The molecule has 1 saturated carbocycles. The Morgan fingerprint density at radius 3 is 2.65 bits per heavy atom. The molecule has 7 heteroatoms. The minimum Gasteiger partial charge on any atom is -0.284 e. The average Bonchev–Trinajstić information content (AvgIpc) is 3.30. The highest BCUT2D eigenvalue weighted by Crippen LogP contribution is 2.34. The van der Waals surface area contributed by atoms with E-state index in [4.69, 9.17) is 0 Å². The molecule has 3 rings (SSSR count). The van der Waals surface area contributed by atoms with Gasteiger partial charge in [0.1, 0.15) is 4.83 Å². The quantitative estimate of drug-likeness (QED) is 0.758. The molecule has 0 bridgehead atoms. The first-order valence-corrected chi connectivity index (χ1v) is 9.08. The van der Waals surface area contributed by atoms with E-state index in [0.717, 1.165) is 46.3 Å². The number of hydrogen-bond donors (Lipinski definition) is 2. The van der Waals surface area contributed by atoms with Gasteiger partial charge in [0.05, 0.1) is 5.39 Å². The molecule has 23 heavy (non-hydrogen) atoms. The highest BCUT2D eigenvalue weighted by molar-refractivity contribution is 7.18. The molecule has 2 heterocycles. The Hall–Kier alpha value is -1.44. The van der Waals surface area contributed by atoms with E-state index < -0.39 is 0 Å². The van der Waals surface area contributed by atoms with E-state index in [-0.39, 0.29) is 17.3 Å². The summed E-state index contributed by atoms with van der Waals surface area (Å²) in [5, 5.41) is 0.727. The van der Waals surface area contributed by atoms with Crippen LogP contribution >= 0.6 is 11.3 Å². The number of fused-ring (bicyclic) bond motifs is 1. The SMILES string of the molecule is CCCCn1c(=O)n(C2CC2)c(=O)c2c(C)c(CNNC)sc21. The first kappa shape index (κ1) is 16.4. The standard InChI is InChI=1S/C16H24N4O2S/c1-4-5-8-19-15-13(10(2)12(23-15)9-18-17-3)14(21)20(16(19)22)11-6-7-11/h11,17-18H,4-9H2,1-3H3. The predicted molar refractivity (Wildman–Crippen MR) is 94.2 cm³/mol. The third-order valence-corrected chi connectivity index (χ3v) is 5.73. The second kappa shape index (κ2) is 6.59. The smallest absolute Gasteiger partial charge is 0.284 e. The third kappa shape index (κ3) is 2.88. The lowest BCUT2D eigenvalue weighted by Crippen LogP contribution is -2.39. The maximum Gasteiger partial charge on any atom is 0.332 e. The lowest BCUT2D eigenvalue weighted by molar-refractivity contribution is 0.561. The molecule has 0 aliphatic heterocycles. The molecule has 0 amide bonds. The second-order valence-electron chi connectivity index (χ2n) is 6.13. The van der Waals surface area contributed by atoms with E-state index >= 15 is 0 Å². The molecular formula is C16H24N4O2S. The fourth-order valence-electron chi connectivity index (χ4n) is 2.92. The molecule has 1 fully saturated rings. The molecule has 0 atom stereocenters. The Labute approximate surface area is 139 Å². The molecule has 2 aromatic rings. The Bertz CT molecular complexity index is 829. The van der Waals surface area contributed by atoms with Gasteiger partial charge < -0.3 is 0 Å². The summed E-state index contributed by atoms with van der Waals surface area (Å²) in [7, 11) is 1.82. The lowest BCUT2D eigenvalue weighted by Gasteiger charge is -2.11. The number of unbranched alkanes of at least 4 members (excludes halogenated alkanes) is 1. The largest absolute Gasteiger partial charge is 0.332 e. The minimum absolute atomic E-state index is 0.102. The van der Waals surface area contributed by atoms with Crippen molar-refractivity contribution < 1.29 is 0 Å². The van der Waals surface area contributed by atoms with E-state index in [0.29, 0.717) is 13.1 Å². The topological polar surface area (TPSA) is 68.1 Å². The van der Waals surface area contributed by atoms with Crippen molar-refractivity contribution in [1.82, 2.24) is 20.0 Å². The van der Waals surface area contributed by atoms with Crippen molar-refractivity contribution in [3.63, 3.8) is 0 Å². The van der Waals surface area contributed by atoms with Crippen molar-refractivity contribution in [3.05, 3.63) is 31.3 Å². The summed E-state index contributed by atoms with van der Waals surface area (Å²) < 4.78 is 3.31. The van der Waals surface area contributed by atoms with Crippen molar-refractivity contribution in [2.24, 2.45) is 0 Å². The molecule has 0 unspecified atom stereocenters. The number of hydrazine groups is 1. The highest BCUT2D eigenvalue weighted by atomic mass is 32.1. The number of aromatic nitrogens is 2. The third-order valence-electron chi connectivity index (χ3n) is 4.41. The molecule has 2 aromatic heterocycles. The normalized spacial score (nSPS) is 14.7. The van der Waals surface area contributed by atoms with Gasteiger partial charge in [0, 0.05) is 24.0 Å². The Morgan fingerprint density at radius 2 is 2.04 bits per heavy atom. The summed E-state index contributed by atoms with van der Waals surface area (Å²) in [6, 6.07) is 0.102. The lowest BCUT2D eigenvalue weighted by atomic mass is 10.2. The molecule has 0 aromatic carbocycles. The monoisotopic (exact) mass is 336 g/mol. The zero-order chi connectivity index (χ0) is 16.6. The molecule has 0 saturated heterocycles. The van der Waals surface area contributed by atoms with Crippen LogP contribution in [0, 0.1) is 6.92 Å². The van der Waals surface area contributed by atoms with Gasteiger partial charge in [0.15, 0.2) is 0 Å². The van der Waals surface area contributed by atoms with Crippen LogP contribution in [0.15, 0.2) is 9.59 Å². The summed E-state index contributed by atoms with van der Waals surface area (Å²) in [6.07, 6.45) is 3.84. The molecule has 2 N–H and O–H groups in total. The van der Waals surface area contributed by atoms with E-state index in [1.165, 1.54) is 4.57 Å². The van der Waals surface area contributed by atoms with Crippen molar-refractivity contribution in [3.8, 4) is 0 Å². The second-order valence-corrected chi connectivity index (χ2v) is 7.21. The number of nitrogens with one attached hydrogen (secondary N) is 2. The number of thiophene rings is 1. The summed E-state index contributed by atoms with van der Waals surface area (Å²) in [5.41, 5.74) is 6.74. The van der Waals surface area contributed by atoms with Crippen molar-refractivity contribution in [2.45, 2.75) is 58.7 Å². The molecule has 1 aliphatic rings. The predicted octanol–water partition coefficient (Wildman–Crippen LogP) is 1.89. The fraction of sp³-hybridized carbons (Fsp3) is 0.625. The number of rotatable bonds is 7. The van der Waals surface area contributed by atoms with Gasteiger partial charge in [-0.2, -0.15) is 0 Å². The Morgan fingerprint density at radius 1 is 1.30 bits per heavy atom. The maximum absolute atomic E-state index is 12.9. The van der Waals surface area contributed by atoms with Crippen LogP contribution in [0.3, 0.4) is 0 Å². The Kier molecular flexibility index (Phi) is 4.70. The molecule has 126 valence electrons. The number of nitrogens with zero attached hydrogens (tertiary/aromatic N) is 2. The van der Waals surface area contributed by atoms with E-state index in [9.17, 15) is 9.59 Å². The first-order valence-electron chi connectivity index (χ1n) is 8.27. The van der Waals surface area contributed by atoms with E-state index in [1.54, 1.807) is 11.3 Å². The van der Waals surface area contributed by atoms with Crippen LogP contribution in [-0.4, -0.2) is 16.2 Å². The van der Waals surface area contributed by atoms with Crippen LogP contribution in [0.25, 0.3) is 10.2 Å². The maximum atomic E-state index is 12.9. The zero-order valence-corrected chi connectivity index (χ0v) is 14.8. The molecule has 6 nitrogen and oxygen atoms in total. The molecule has 1 aliphatic carbocycles. The van der Waals surface area contributed by atoms with Crippen molar-refractivity contribution in [2.75, 3.05) is 7.05 Å². The zero-order valence-electron chi connectivity index (χ0n) is 13.9. The van der Waals surface area contributed by atoms with Crippen LogP contribution in [0.4, 0.5) is 0 Å². The molecular weight excluding hydrogens is 312 g/mol. The Balaban J connectivity index is 2.25. The van der Waals surface area contributed by atoms with Crippen LogP contribution in [0.2, 0.25) is 0 Å². The van der Waals surface area contributed by atoms with Gasteiger partial charge in [-0.05, 0) is 38.8 Å². The number of hydrogen-bond acceptors (Lipinski definition) is 5. The van der Waals surface area contributed by atoms with Gasteiger partial charge in [0.25, 0.3) is 5.56 Å². The summed E-state index contributed by atoms with van der Waals surface area (Å²) in [6.45, 7) is 5.42. The molecule has 0 spiro atoms.